The third-order valence-electron chi connectivity index (χ3n) is 3.94. The smallest absolute Gasteiger partial charge is 0.260 e. The van der Waals surface area contributed by atoms with Crippen molar-refractivity contribution in [2.45, 2.75) is 6.54 Å². The van der Waals surface area contributed by atoms with Crippen molar-refractivity contribution in [3.63, 3.8) is 0 Å². The summed E-state index contributed by atoms with van der Waals surface area (Å²) in [5.41, 5.74) is 5.74. The maximum Gasteiger partial charge on any atom is 0.260 e. The van der Waals surface area contributed by atoms with E-state index in [-0.39, 0.29) is 12.5 Å². The zero-order chi connectivity index (χ0) is 18.5. The molecule has 27 heavy (non-hydrogen) atoms. The average molecular weight is 356 g/mol. The van der Waals surface area contributed by atoms with E-state index in [2.05, 4.69) is 25.5 Å². The number of carbonyl (C=O) groups is 1. The standard InChI is InChI=1S/C20H16N6O/c27-19(25-23-13-15-6-5-10-21-12-15)14-26-18-9-2-1-7-16(18)24-20(26)17-8-3-4-11-22-17/h1-13H,14H2,(H,25,27)/b23-13-. The molecule has 0 spiro atoms. The second-order valence-electron chi connectivity index (χ2n) is 5.80. The highest BCUT2D eigenvalue weighted by Crippen LogP contribution is 2.23. The minimum absolute atomic E-state index is 0.0802. The molecule has 0 saturated heterocycles. The molecular weight excluding hydrogens is 340 g/mol. The predicted molar refractivity (Wildman–Crippen MR) is 103 cm³/mol. The molecule has 3 aromatic heterocycles. The van der Waals surface area contributed by atoms with E-state index in [9.17, 15) is 4.79 Å². The molecule has 0 atom stereocenters. The van der Waals surface area contributed by atoms with E-state index in [1.54, 1.807) is 30.9 Å². The van der Waals surface area contributed by atoms with Crippen LogP contribution in [-0.4, -0.2) is 31.6 Å². The first-order valence-corrected chi connectivity index (χ1v) is 8.40. The van der Waals surface area contributed by atoms with Gasteiger partial charge >= 0.3 is 0 Å². The van der Waals surface area contributed by atoms with Gasteiger partial charge in [0, 0.05) is 24.2 Å². The van der Waals surface area contributed by atoms with E-state index < -0.39 is 0 Å². The van der Waals surface area contributed by atoms with Crippen LogP contribution in [0.15, 0.2) is 78.3 Å². The molecule has 0 radical (unpaired) electrons. The van der Waals surface area contributed by atoms with Crippen molar-refractivity contribution in [2.24, 2.45) is 5.10 Å². The van der Waals surface area contributed by atoms with Crippen LogP contribution in [0.2, 0.25) is 0 Å². The van der Waals surface area contributed by atoms with Crippen LogP contribution < -0.4 is 5.43 Å². The van der Waals surface area contributed by atoms with E-state index in [0.29, 0.717) is 11.5 Å². The maximum absolute atomic E-state index is 12.4. The topological polar surface area (TPSA) is 85.1 Å². The number of nitrogens with one attached hydrogen (secondary N) is 1. The minimum atomic E-state index is -0.254. The highest BCUT2D eigenvalue weighted by Gasteiger charge is 2.15. The molecule has 0 bridgehead atoms. The highest BCUT2D eigenvalue weighted by molar-refractivity contribution is 5.85. The number of amides is 1. The van der Waals surface area contributed by atoms with Crippen molar-refractivity contribution in [2.75, 3.05) is 0 Å². The Labute approximate surface area is 155 Å². The largest absolute Gasteiger partial charge is 0.313 e. The first-order valence-electron chi connectivity index (χ1n) is 8.40. The molecule has 132 valence electrons. The molecule has 1 aromatic carbocycles. The van der Waals surface area contributed by atoms with Crippen molar-refractivity contribution >= 4 is 23.2 Å². The van der Waals surface area contributed by atoms with Gasteiger partial charge in [-0.2, -0.15) is 5.10 Å². The molecule has 0 fully saturated rings. The third kappa shape index (κ3) is 3.72. The zero-order valence-electron chi connectivity index (χ0n) is 14.4. The monoisotopic (exact) mass is 356 g/mol. The molecule has 4 rings (SSSR count). The molecule has 3 heterocycles. The Morgan fingerprint density at radius 3 is 2.78 bits per heavy atom. The molecule has 7 nitrogen and oxygen atoms in total. The Bertz CT molecular complexity index is 1090. The second kappa shape index (κ2) is 7.57. The van der Waals surface area contributed by atoms with Gasteiger partial charge in [-0.3, -0.25) is 14.8 Å². The van der Waals surface area contributed by atoms with Gasteiger partial charge in [0.15, 0.2) is 5.82 Å². The number of fused-ring (bicyclic) bond motifs is 1. The summed E-state index contributed by atoms with van der Waals surface area (Å²) in [6.45, 7) is 0.0802. The van der Waals surface area contributed by atoms with E-state index in [1.807, 2.05) is 53.1 Å². The lowest BCUT2D eigenvalue weighted by Gasteiger charge is -2.07. The van der Waals surface area contributed by atoms with E-state index >= 15 is 0 Å². The SMILES string of the molecule is O=C(Cn1c(-c2ccccn2)nc2ccccc21)N/N=C\c1cccnc1. The molecule has 1 N–H and O–H groups in total. The van der Waals surface area contributed by atoms with Crippen molar-refractivity contribution in [1.82, 2.24) is 24.9 Å². The van der Waals surface area contributed by atoms with Crippen molar-refractivity contribution < 1.29 is 4.79 Å². The highest BCUT2D eigenvalue weighted by atomic mass is 16.2. The summed E-state index contributed by atoms with van der Waals surface area (Å²) in [4.78, 5) is 25.4. The number of rotatable bonds is 5. The summed E-state index contributed by atoms with van der Waals surface area (Å²) in [5, 5.41) is 3.99. The second-order valence-corrected chi connectivity index (χ2v) is 5.80. The quantitative estimate of drug-likeness (QED) is 0.440. The molecule has 0 aliphatic heterocycles. The number of carbonyl (C=O) groups excluding carboxylic acids is 1. The van der Waals surface area contributed by atoms with Crippen LogP contribution in [0.3, 0.4) is 0 Å². The van der Waals surface area contributed by atoms with Gasteiger partial charge in [0.2, 0.25) is 0 Å². The fourth-order valence-corrected chi connectivity index (χ4v) is 2.74. The molecule has 0 aliphatic rings. The van der Waals surface area contributed by atoms with Crippen molar-refractivity contribution in [1.29, 1.82) is 0 Å². The number of imidazole rings is 1. The van der Waals surface area contributed by atoms with Crippen LogP contribution in [0.4, 0.5) is 0 Å². The summed E-state index contributed by atoms with van der Waals surface area (Å²) in [5.74, 6) is 0.388. The van der Waals surface area contributed by atoms with Gasteiger partial charge in [0.05, 0.1) is 17.2 Å². The van der Waals surface area contributed by atoms with Gasteiger partial charge in [0.25, 0.3) is 5.91 Å². The summed E-state index contributed by atoms with van der Waals surface area (Å²) in [7, 11) is 0. The van der Waals surface area contributed by atoms with Gasteiger partial charge in [-0.1, -0.05) is 24.3 Å². The van der Waals surface area contributed by atoms with E-state index in [0.717, 1.165) is 16.6 Å². The molecular formula is C20H16N6O. The summed E-state index contributed by atoms with van der Waals surface area (Å²) >= 11 is 0. The lowest BCUT2D eigenvalue weighted by molar-refractivity contribution is -0.121. The number of pyridine rings is 2. The number of para-hydroxylation sites is 2. The van der Waals surface area contributed by atoms with Crippen LogP contribution in [0.1, 0.15) is 5.56 Å². The fraction of sp³-hybridized carbons (Fsp3) is 0.0500. The number of benzene rings is 1. The van der Waals surface area contributed by atoms with Gasteiger partial charge in [0.1, 0.15) is 12.2 Å². The number of hydrazone groups is 1. The van der Waals surface area contributed by atoms with Crippen LogP contribution in [0.25, 0.3) is 22.6 Å². The number of hydrogen-bond donors (Lipinski definition) is 1. The maximum atomic E-state index is 12.4. The van der Waals surface area contributed by atoms with Crippen molar-refractivity contribution in [3.05, 3.63) is 78.8 Å². The predicted octanol–water partition coefficient (Wildman–Crippen LogP) is 2.64. The minimum Gasteiger partial charge on any atom is -0.313 e. The summed E-state index contributed by atoms with van der Waals surface area (Å²) in [6.07, 6.45) is 6.60. The lowest BCUT2D eigenvalue weighted by atomic mass is 10.3. The third-order valence-corrected chi connectivity index (χ3v) is 3.94. The molecule has 0 aliphatic carbocycles. The zero-order valence-corrected chi connectivity index (χ0v) is 14.4. The van der Waals surface area contributed by atoms with E-state index in [1.165, 1.54) is 0 Å². The van der Waals surface area contributed by atoms with E-state index in [4.69, 9.17) is 0 Å². The molecule has 7 heteroatoms. The van der Waals surface area contributed by atoms with Crippen LogP contribution >= 0.6 is 0 Å². The Morgan fingerprint density at radius 1 is 1.07 bits per heavy atom. The van der Waals surface area contributed by atoms with Gasteiger partial charge in [-0.05, 0) is 30.3 Å². The lowest BCUT2D eigenvalue weighted by Crippen LogP contribution is -2.23. The fourth-order valence-electron chi connectivity index (χ4n) is 2.74. The summed E-state index contributed by atoms with van der Waals surface area (Å²) in [6, 6.07) is 16.9. The number of aromatic nitrogens is 4. The van der Waals surface area contributed by atoms with Crippen molar-refractivity contribution in [3.8, 4) is 11.5 Å². The van der Waals surface area contributed by atoms with Gasteiger partial charge in [-0.15, -0.1) is 0 Å². The average Bonchev–Trinajstić information content (AvgIpc) is 3.08. The molecule has 0 unspecified atom stereocenters. The summed E-state index contributed by atoms with van der Waals surface area (Å²) < 4.78 is 1.84. The Hall–Kier alpha value is -3.87. The number of nitrogens with zero attached hydrogens (tertiary/aromatic N) is 5. The van der Waals surface area contributed by atoms with Crippen LogP contribution in [0, 0.1) is 0 Å². The number of hydrogen-bond acceptors (Lipinski definition) is 5. The van der Waals surface area contributed by atoms with Crippen LogP contribution in [0.5, 0.6) is 0 Å². The Balaban J connectivity index is 1.59. The molecule has 0 saturated carbocycles. The van der Waals surface area contributed by atoms with Crippen LogP contribution in [-0.2, 0) is 11.3 Å². The Kier molecular flexibility index (Phi) is 4.65. The molecule has 1 amide bonds. The Morgan fingerprint density at radius 2 is 1.96 bits per heavy atom. The van der Waals surface area contributed by atoms with Gasteiger partial charge in [-0.25, -0.2) is 10.4 Å². The normalized spacial score (nSPS) is 11.1. The first-order chi connectivity index (χ1) is 13.3. The molecule has 4 aromatic rings. The van der Waals surface area contributed by atoms with Gasteiger partial charge < -0.3 is 4.57 Å². The first kappa shape index (κ1) is 16.6.